The molecule has 0 unspecified atom stereocenters. The molecule has 0 aromatic carbocycles. The molecule has 0 bridgehead atoms. The standard InChI is InChI=1S/C12H18BrN3O2/c1-8-6-15(11(17)18-12(2,3)4)7-9-5-14-10(13)16(8)9/h5,8H,6-7H2,1-4H3/t8-/m0/s1. The first-order valence-electron chi connectivity index (χ1n) is 5.97. The molecule has 6 heteroatoms. The minimum atomic E-state index is -0.460. The van der Waals surface area contributed by atoms with Crippen molar-refractivity contribution in [2.24, 2.45) is 0 Å². The van der Waals surface area contributed by atoms with E-state index in [1.54, 1.807) is 11.1 Å². The highest BCUT2D eigenvalue weighted by atomic mass is 79.9. The maximum Gasteiger partial charge on any atom is 0.410 e. The van der Waals surface area contributed by atoms with Crippen molar-refractivity contribution in [2.45, 2.75) is 45.9 Å². The van der Waals surface area contributed by atoms with Crippen LogP contribution < -0.4 is 0 Å². The smallest absolute Gasteiger partial charge is 0.410 e. The number of imidazole rings is 1. The van der Waals surface area contributed by atoms with Crippen molar-refractivity contribution in [2.75, 3.05) is 6.54 Å². The average Bonchev–Trinajstić information content (AvgIpc) is 2.58. The normalized spacial score (nSPS) is 19.6. The molecule has 1 amide bonds. The van der Waals surface area contributed by atoms with Gasteiger partial charge in [-0.2, -0.15) is 0 Å². The predicted octanol–water partition coefficient (Wildman–Crippen LogP) is 2.96. The summed E-state index contributed by atoms with van der Waals surface area (Å²) in [7, 11) is 0. The third-order valence-corrected chi connectivity index (χ3v) is 3.35. The lowest BCUT2D eigenvalue weighted by Crippen LogP contribution is -2.42. The molecule has 2 rings (SSSR count). The third kappa shape index (κ3) is 2.68. The molecule has 0 spiro atoms. The highest BCUT2D eigenvalue weighted by Gasteiger charge is 2.30. The number of ether oxygens (including phenoxy) is 1. The van der Waals surface area contributed by atoms with Crippen molar-refractivity contribution in [3.05, 3.63) is 16.6 Å². The molecule has 0 N–H and O–H groups in total. The molecular weight excluding hydrogens is 298 g/mol. The Morgan fingerprint density at radius 1 is 1.56 bits per heavy atom. The van der Waals surface area contributed by atoms with Crippen LogP contribution in [0.4, 0.5) is 4.79 Å². The molecular formula is C12H18BrN3O2. The first-order valence-corrected chi connectivity index (χ1v) is 6.77. The molecule has 1 atom stereocenters. The average molecular weight is 316 g/mol. The Morgan fingerprint density at radius 3 is 2.83 bits per heavy atom. The summed E-state index contributed by atoms with van der Waals surface area (Å²) in [5, 5.41) is 0. The predicted molar refractivity (Wildman–Crippen MR) is 71.3 cm³/mol. The van der Waals surface area contributed by atoms with E-state index in [-0.39, 0.29) is 12.1 Å². The van der Waals surface area contributed by atoms with Gasteiger partial charge in [-0.1, -0.05) is 0 Å². The number of rotatable bonds is 0. The number of carbonyl (C=O) groups is 1. The van der Waals surface area contributed by atoms with Gasteiger partial charge in [-0.15, -0.1) is 0 Å². The van der Waals surface area contributed by atoms with E-state index in [4.69, 9.17) is 4.74 Å². The minimum Gasteiger partial charge on any atom is -0.444 e. The van der Waals surface area contributed by atoms with Gasteiger partial charge in [-0.3, -0.25) is 0 Å². The van der Waals surface area contributed by atoms with Gasteiger partial charge < -0.3 is 14.2 Å². The first kappa shape index (κ1) is 13.4. The fourth-order valence-corrected chi connectivity index (χ4v) is 2.76. The van der Waals surface area contributed by atoms with Crippen LogP contribution in [0, 0.1) is 0 Å². The number of nitrogens with zero attached hydrogens (tertiary/aromatic N) is 3. The summed E-state index contributed by atoms with van der Waals surface area (Å²) in [6.45, 7) is 8.86. The van der Waals surface area contributed by atoms with E-state index in [1.807, 2.05) is 20.8 Å². The van der Waals surface area contributed by atoms with Crippen molar-refractivity contribution in [3.63, 3.8) is 0 Å². The molecule has 5 nitrogen and oxygen atoms in total. The molecule has 1 aliphatic heterocycles. The topological polar surface area (TPSA) is 47.4 Å². The molecule has 0 saturated carbocycles. The van der Waals surface area contributed by atoms with Crippen molar-refractivity contribution in [3.8, 4) is 0 Å². The number of aromatic nitrogens is 2. The van der Waals surface area contributed by atoms with Crippen LogP contribution >= 0.6 is 15.9 Å². The highest BCUT2D eigenvalue weighted by molar-refractivity contribution is 9.10. The van der Waals surface area contributed by atoms with E-state index < -0.39 is 5.60 Å². The van der Waals surface area contributed by atoms with Crippen molar-refractivity contribution >= 4 is 22.0 Å². The Balaban J connectivity index is 2.14. The number of hydrogen-bond acceptors (Lipinski definition) is 3. The Kier molecular flexibility index (Phi) is 3.40. The van der Waals surface area contributed by atoms with Gasteiger partial charge in [-0.05, 0) is 43.6 Å². The fourth-order valence-electron chi connectivity index (χ4n) is 2.08. The molecule has 100 valence electrons. The van der Waals surface area contributed by atoms with Gasteiger partial charge in [-0.25, -0.2) is 9.78 Å². The van der Waals surface area contributed by atoms with E-state index in [0.29, 0.717) is 13.1 Å². The van der Waals surface area contributed by atoms with Gasteiger partial charge in [0.15, 0.2) is 4.73 Å². The first-order chi connectivity index (χ1) is 8.28. The molecule has 0 aliphatic carbocycles. The second-order valence-electron chi connectivity index (χ2n) is 5.60. The van der Waals surface area contributed by atoms with Gasteiger partial charge in [0.2, 0.25) is 0 Å². The van der Waals surface area contributed by atoms with Crippen LogP contribution in [0.3, 0.4) is 0 Å². The Labute approximate surface area is 115 Å². The van der Waals surface area contributed by atoms with E-state index >= 15 is 0 Å². The maximum atomic E-state index is 12.0. The largest absolute Gasteiger partial charge is 0.444 e. The summed E-state index contributed by atoms with van der Waals surface area (Å²) in [5.41, 5.74) is 0.560. The van der Waals surface area contributed by atoms with Crippen LogP contribution in [-0.4, -0.2) is 32.7 Å². The Bertz CT molecular complexity index is 464. The second-order valence-corrected chi connectivity index (χ2v) is 6.31. The Morgan fingerprint density at radius 2 is 2.22 bits per heavy atom. The summed E-state index contributed by atoms with van der Waals surface area (Å²) < 4.78 is 8.30. The number of hydrogen-bond donors (Lipinski definition) is 0. The van der Waals surface area contributed by atoms with E-state index in [9.17, 15) is 4.79 Å². The van der Waals surface area contributed by atoms with Gasteiger partial charge in [0.25, 0.3) is 0 Å². The summed E-state index contributed by atoms with van der Waals surface area (Å²) in [6.07, 6.45) is 1.52. The van der Waals surface area contributed by atoms with E-state index in [0.717, 1.165) is 10.4 Å². The molecule has 2 heterocycles. The van der Waals surface area contributed by atoms with Crippen molar-refractivity contribution in [1.29, 1.82) is 0 Å². The Hall–Kier alpha value is -1.04. The number of amides is 1. The monoisotopic (exact) mass is 315 g/mol. The zero-order valence-electron chi connectivity index (χ0n) is 11.1. The van der Waals surface area contributed by atoms with Crippen LogP contribution in [-0.2, 0) is 11.3 Å². The van der Waals surface area contributed by atoms with E-state index in [2.05, 4.69) is 32.4 Å². The van der Waals surface area contributed by atoms with Crippen molar-refractivity contribution in [1.82, 2.24) is 14.5 Å². The lowest BCUT2D eigenvalue weighted by atomic mass is 10.2. The van der Waals surface area contributed by atoms with Gasteiger partial charge >= 0.3 is 6.09 Å². The second kappa shape index (κ2) is 4.57. The zero-order chi connectivity index (χ0) is 13.5. The molecule has 0 saturated heterocycles. The van der Waals surface area contributed by atoms with Crippen LogP contribution in [0.2, 0.25) is 0 Å². The molecule has 1 aromatic rings. The maximum absolute atomic E-state index is 12.0. The summed E-state index contributed by atoms with van der Waals surface area (Å²) in [5.74, 6) is 0. The highest BCUT2D eigenvalue weighted by Crippen LogP contribution is 2.26. The van der Waals surface area contributed by atoms with Crippen LogP contribution in [0.1, 0.15) is 39.4 Å². The summed E-state index contributed by atoms with van der Waals surface area (Å²) in [6, 6.07) is 0.193. The van der Waals surface area contributed by atoms with Crippen LogP contribution in [0.25, 0.3) is 0 Å². The number of halogens is 1. The molecule has 1 aromatic heterocycles. The number of carbonyl (C=O) groups excluding carboxylic acids is 1. The third-order valence-electron chi connectivity index (χ3n) is 2.76. The number of fused-ring (bicyclic) bond motifs is 1. The summed E-state index contributed by atoms with van der Waals surface area (Å²) in [4.78, 5) is 18.0. The van der Waals surface area contributed by atoms with Crippen molar-refractivity contribution < 1.29 is 9.53 Å². The van der Waals surface area contributed by atoms with E-state index in [1.165, 1.54) is 0 Å². The lowest BCUT2D eigenvalue weighted by Gasteiger charge is -2.34. The van der Waals surface area contributed by atoms with Gasteiger partial charge in [0.05, 0.1) is 24.5 Å². The van der Waals surface area contributed by atoms with Gasteiger partial charge in [0.1, 0.15) is 5.60 Å². The lowest BCUT2D eigenvalue weighted by molar-refractivity contribution is 0.0172. The molecule has 0 radical (unpaired) electrons. The van der Waals surface area contributed by atoms with Gasteiger partial charge in [0, 0.05) is 6.54 Å². The summed E-state index contributed by atoms with van der Waals surface area (Å²) >= 11 is 3.42. The fraction of sp³-hybridized carbons (Fsp3) is 0.667. The molecule has 1 aliphatic rings. The van der Waals surface area contributed by atoms with Crippen LogP contribution in [0.5, 0.6) is 0 Å². The SMILES string of the molecule is C[C@H]1CN(C(=O)OC(C)(C)C)Cc2cnc(Br)n21. The quantitative estimate of drug-likeness (QED) is 0.739. The van der Waals surface area contributed by atoms with Crippen LogP contribution in [0.15, 0.2) is 10.9 Å². The molecule has 18 heavy (non-hydrogen) atoms. The minimum absolute atomic E-state index is 0.193. The zero-order valence-corrected chi connectivity index (χ0v) is 12.7. The molecule has 0 fully saturated rings.